The van der Waals surface area contributed by atoms with E-state index in [2.05, 4.69) is 31.8 Å². The molecule has 0 spiro atoms. The first-order valence-electron chi connectivity index (χ1n) is 11.1. The van der Waals surface area contributed by atoms with E-state index in [9.17, 15) is 14.4 Å². The van der Waals surface area contributed by atoms with Gasteiger partial charge in [0, 0.05) is 0 Å². The SMILES string of the molecule is CCOC(=O)C1(C(=O)OCC)[C@@H]([C@H]([Se]c2ccccc2)[Si](C)(C)C)[C@H]1C(=O)OC(C)(C)C. The van der Waals surface area contributed by atoms with Crippen LogP contribution in [0.25, 0.3) is 0 Å². The van der Waals surface area contributed by atoms with Crippen LogP contribution >= 0.6 is 0 Å². The minimum atomic E-state index is -1.94. The molecule has 1 saturated carbocycles. The van der Waals surface area contributed by atoms with E-state index in [1.54, 1.807) is 34.6 Å². The number of hydrogen-bond donors (Lipinski definition) is 0. The average molecular weight is 528 g/mol. The first-order chi connectivity index (χ1) is 14.8. The van der Waals surface area contributed by atoms with E-state index < -0.39 is 48.8 Å². The predicted octanol–water partition coefficient (Wildman–Crippen LogP) is 3.38. The molecule has 1 aromatic rings. The molecule has 3 atom stereocenters. The van der Waals surface area contributed by atoms with Crippen molar-refractivity contribution in [3.05, 3.63) is 30.3 Å². The Labute approximate surface area is 198 Å². The van der Waals surface area contributed by atoms with Gasteiger partial charge < -0.3 is 0 Å². The molecule has 1 aliphatic rings. The zero-order chi connectivity index (χ0) is 24.3. The Hall–Kier alpha value is -1.63. The standard InChI is InChI=1S/C24H36O6SeSi/c1-9-28-21(26)24(22(27)29-10-2)17(19(25)30-23(3,4)5)18(24)20(32(6,7)8)31-16-14-12-11-13-15-16/h11-15,17-18,20H,9-10H2,1-8H3/t17-,18+,20+/m0/s1. The van der Waals surface area contributed by atoms with Crippen molar-refractivity contribution in [1.82, 2.24) is 0 Å². The summed E-state index contributed by atoms with van der Waals surface area (Å²) in [5, 5.41) is 0. The number of hydrogen-bond acceptors (Lipinski definition) is 6. The summed E-state index contributed by atoms with van der Waals surface area (Å²) in [7, 11) is -1.94. The molecule has 0 N–H and O–H groups in total. The van der Waals surface area contributed by atoms with Crippen molar-refractivity contribution in [2.24, 2.45) is 17.3 Å². The summed E-state index contributed by atoms with van der Waals surface area (Å²) in [5.41, 5.74) is -2.38. The molecule has 0 aromatic heterocycles. The molecule has 1 aromatic carbocycles. The number of benzene rings is 1. The van der Waals surface area contributed by atoms with Crippen LogP contribution in [0, 0.1) is 17.3 Å². The molecule has 6 nitrogen and oxygen atoms in total. The van der Waals surface area contributed by atoms with Crippen molar-refractivity contribution in [2.45, 2.75) is 64.3 Å². The summed E-state index contributed by atoms with van der Waals surface area (Å²) in [5.74, 6) is -3.28. The first kappa shape index (κ1) is 26.6. The van der Waals surface area contributed by atoms with E-state index >= 15 is 0 Å². The van der Waals surface area contributed by atoms with Crippen LogP contribution in [0.3, 0.4) is 0 Å². The summed E-state index contributed by atoms with van der Waals surface area (Å²) in [4.78, 5) is 40.0. The second kappa shape index (κ2) is 10.1. The molecule has 0 bridgehead atoms. The van der Waals surface area contributed by atoms with E-state index in [4.69, 9.17) is 14.2 Å². The predicted molar refractivity (Wildman–Crippen MR) is 127 cm³/mol. The number of ether oxygens (including phenoxy) is 3. The summed E-state index contributed by atoms with van der Waals surface area (Å²) in [6, 6.07) is 10.1. The maximum absolute atomic E-state index is 13.3. The van der Waals surface area contributed by atoms with E-state index in [0.717, 1.165) is 0 Å². The topological polar surface area (TPSA) is 78.9 Å². The zero-order valence-corrected chi connectivity index (χ0v) is 23.1. The second-order valence-corrected chi connectivity index (χ2v) is 18.9. The Kier molecular flexibility index (Phi) is 8.40. The molecule has 0 saturated heterocycles. The van der Waals surface area contributed by atoms with E-state index in [0.29, 0.717) is 0 Å². The van der Waals surface area contributed by atoms with Crippen molar-refractivity contribution in [3.63, 3.8) is 0 Å². The number of esters is 3. The van der Waals surface area contributed by atoms with Gasteiger partial charge in [-0.3, -0.25) is 0 Å². The van der Waals surface area contributed by atoms with E-state index in [1.807, 2.05) is 18.2 Å². The summed E-state index contributed by atoms with van der Waals surface area (Å²) in [6.45, 7) is 15.6. The van der Waals surface area contributed by atoms with Gasteiger partial charge in [0.1, 0.15) is 0 Å². The molecule has 0 heterocycles. The summed E-state index contributed by atoms with van der Waals surface area (Å²) in [6.07, 6.45) is 0. The van der Waals surface area contributed by atoms with Gasteiger partial charge in [-0.2, -0.15) is 0 Å². The molecule has 2 rings (SSSR count). The quantitative estimate of drug-likeness (QED) is 0.212. The maximum atomic E-state index is 13.3. The third kappa shape index (κ3) is 5.64. The van der Waals surface area contributed by atoms with Gasteiger partial charge in [-0.1, -0.05) is 0 Å². The molecule has 0 unspecified atom stereocenters. The Morgan fingerprint density at radius 3 is 1.91 bits per heavy atom. The van der Waals surface area contributed by atoms with Crippen LogP contribution in [-0.2, 0) is 28.6 Å². The van der Waals surface area contributed by atoms with Crippen LogP contribution in [0.4, 0.5) is 0 Å². The van der Waals surface area contributed by atoms with Gasteiger partial charge >= 0.3 is 199 Å². The number of carbonyl (C=O) groups is 3. The van der Waals surface area contributed by atoms with Crippen molar-refractivity contribution in [1.29, 1.82) is 0 Å². The van der Waals surface area contributed by atoms with Crippen LogP contribution in [0.1, 0.15) is 34.6 Å². The molecule has 0 radical (unpaired) electrons. The fourth-order valence-electron chi connectivity index (χ4n) is 4.07. The van der Waals surface area contributed by atoms with Crippen LogP contribution < -0.4 is 4.46 Å². The van der Waals surface area contributed by atoms with Gasteiger partial charge in [-0.15, -0.1) is 0 Å². The molecule has 32 heavy (non-hydrogen) atoms. The fraction of sp³-hybridized carbons (Fsp3) is 0.625. The molecule has 0 amide bonds. The third-order valence-corrected chi connectivity index (χ3v) is 14.8. The molecule has 1 aliphatic carbocycles. The number of rotatable bonds is 9. The molecule has 178 valence electrons. The zero-order valence-electron chi connectivity index (χ0n) is 20.4. The molecule has 0 aliphatic heterocycles. The summed E-state index contributed by atoms with van der Waals surface area (Å²) >= 11 is -0.0442. The van der Waals surface area contributed by atoms with Crippen LogP contribution in [-0.4, -0.2) is 59.8 Å². The van der Waals surface area contributed by atoms with Gasteiger partial charge in [0.15, 0.2) is 0 Å². The van der Waals surface area contributed by atoms with Crippen LogP contribution in [0.15, 0.2) is 30.3 Å². The van der Waals surface area contributed by atoms with Crippen molar-refractivity contribution >= 4 is 45.4 Å². The van der Waals surface area contributed by atoms with Crippen molar-refractivity contribution < 1.29 is 28.6 Å². The fourth-order valence-corrected chi connectivity index (χ4v) is 11.3. The minimum absolute atomic E-state index is 0.0312. The van der Waals surface area contributed by atoms with Gasteiger partial charge in [0.05, 0.1) is 0 Å². The third-order valence-electron chi connectivity index (χ3n) is 5.34. The van der Waals surface area contributed by atoms with E-state index in [-0.39, 0.29) is 32.6 Å². The monoisotopic (exact) mass is 528 g/mol. The van der Waals surface area contributed by atoms with Gasteiger partial charge in [0.25, 0.3) is 0 Å². The van der Waals surface area contributed by atoms with Crippen LogP contribution in [0.2, 0.25) is 24.1 Å². The Morgan fingerprint density at radius 1 is 1.00 bits per heavy atom. The Morgan fingerprint density at radius 2 is 1.50 bits per heavy atom. The van der Waals surface area contributed by atoms with Crippen LogP contribution in [0.5, 0.6) is 0 Å². The van der Waals surface area contributed by atoms with Gasteiger partial charge in [-0.25, -0.2) is 0 Å². The average Bonchev–Trinajstić information content (AvgIpc) is 3.36. The molecular weight excluding hydrogens is 491 g/mol. The van der Waals surface area contributed by atoms with Gasteiger partial charge in [0.2, 0.25) is 0 Å². The Bertz CT molecular complexity index is 809. The van der Waals surface area contributed by atoms with Gasteiger partial charge in [-0.05, 0) is 0 Å². The van der Waals surface area contributed by atoms with E-state index in [1.165, 1.54) is 4.46 Å². The molecule has 1 fully saturated rings. The normalized spacial score (nSPS) is 20.8. The molecular formula is C24H36O6SeSi. The van der Waals surface area contributed by atoms with Crippen molar-refractivity contribution in [2.75, 3.05) is 13.2 Å². The summed E-state index contributed by atoms with van der Waals surface area (Å²) < 4.78 is 17.6. The molecule has 8 heteroatoms. The number of carbonyl (C=O) groups excluding carboxylic acids is 3. The second-order valence-electron chi connectivity index (χ2n) is 10.1. The Balaban J connectivity index is 2.61. The van der Waals surface area contributed by atoms with Crippen molar-refractivity contribution in [3.8, 4) is 0 Å². The first-order valence-corrected chi connectivity index (χ1v) is 16.5.